The van der Waals surface area contributed by atoms with Crippen LogP contribution >= 0.6 is 0 Å². The molecular weight excluding hydrogens is 230 g/mol. The van der Waals surface area contributed by atoms with E-state index in [0.29, 0.717) is 5.92 Å². The SMILES string of the molecule is C=C1C(C)=C(NC)C(CC)C1(C)c1ccc(C)cc1. The van der Waals surface area contributed by atoms with Crippen LogP contribution in [0.5, 0.6) is 0 Å². The smallest absolute Gasteiger partial charge is 0.0254 e. The highest BCUT2D eigenvalue weighted by atomic mass is 14.9. The van der Waals surface area contributed by atoms with Crippen molar-refractivity contribution < 1.29 is 0 Å². The summed E-state index contributed by atoms with van der Waals surface area (Å²) >= 11 is 0. The molecule has 0 heterocycles. The molecule has 0 radical (unpaired) electrons. The van der Waals surface area contributed by atoms with Crippen LogP contribution in [0, 0.1) is 12.8 Å². The molecule has 1 N–H and O–H groups in total. The fourth-order valence-electron chi connectivity index (χ4n) is 3.56. The van der Waals surface area contributed by atoms with Crippen molar-refractivity contribution in [3.63, 3.8) is 0 Å². The fraction of sp³-hybridized carbons (Fsp3) is 0.444. The number of aryl methyl sites for hydroxylation is 1. The Morgan fingerprint density at radius 1 is 1.21 bits per heavy atom. The molecule has 1 heteroatoms. The van der Waals surface area contributed by atoms with Crippen LogP contribution in [0.3, 0.4) is 0 Å². The van der Waals surface area contributed by atoms with Crippen LogP contribution in [0.1, 0.15) is 38.3 Å². The normalized spacial score (nSPS) is 27.0. The topological polar surface area (TPSA) is 12.0 Å². The van der Waals surface area contributed by atoms with E-state index in [-0.39, 0.29) is 5.41 Å². The number of nitrogens with one attached hydrogen (secondary N) is 1. The zero-order valence-electron chi connectivity index (χ0n) is 12.8. The summed E-state index contributed by atoms with van der Waals surface area (Å²) in [6.07, 6.45) is 1.12. The van der Waals surface area contributed by atoms with Gasteiger partial charge in [-0.15, -0.1) is 0 Å². The molecule has 0 amide bonds. The second kappa shape index (κ2) is 4.88. The highest BCUT2D eigenvalue weighted by molar-refractivity contribution is 5.54. The summed E-state index contributed by atoms with van der Waals surface area (Å²) in [6.45, 7) is 13.3. The first-order chi connectivity index (χ1) is 8.96. The van der Waals surface area contributed by atoms with Gasteiger partial charge in [0, 0.05) is 24.1 Å². The van der Waals surface area contributed by atoms with Gasteiger partial charge in [0.1, 0.15) is 0 Å². The molecule has 0 fully saturated rings. The third-order valence-corrected chi connectivity index (χ3v) is 4.86. The Labute approximate surface area is 117 Å². The molecule has 0 saturated carbocycles. The van der Waals surface area contributed by atoms with Crippen molar-refractivity contribution in [3.05, 3.63) is 58.8 Å². The first-order valence-electron chi connectivity index (χ1n) is 7.12. The van der Waals surface area contributed by atoms with E-state index in [2.05, 4.69) is 63.9 Å². The molecule has 0 saturated heterocycles. The minimum atomic E-state index is 0.0187. The lowest BCUT2D eigenvalue weighted by atomic mass is 9.69. The Balaban J connectivity index is 2.54. The molecule has 0 bridgehead atoms. The van der Waals surface area contributed by atoms with Crippen molar-refractivity contribution in [2.45, 2.75) is 39.5 Å². The molecule has 1 aliphatic carbocycles. The molecule has 1 aromatic rings. The lowest BCUT2D eigenvalue weighted by Crippen LogP contribution is -2.32. The molecule has 0 aromatic heterocycles. The first-order valence-corrected chi connectivity index (χ1v) is 7.12. The fourth-order valence-corrected chi connectivity index (χ4v) is 3.56. The molecule has 0 spiro atoms. The number of hydrogen-bond donors (Lipinski definition) is 1. The monoisotopic (exact) mass is 255 g/mol. The standard InChI is InChI=1S/C18H25N/c1-7-16-17(19-6)13(3)14(4)18(16,5)15-10-8-12(2)9-11-15/h8-11,16,19H,4,7H2,1-3,5-6H3. The second-order valence-corrected chi connectivity index (χ2v) is 5.80. The third kappa shape index (κ3) is 1.92. The van der Waals surface area contributed by atoms with Gasteiger partial charge in [-0.3, -0.25) is 0 Å². The average molecular weight is 255 g/mol. The van der Waals surface area contributed by atoms with Crippen LogP contribution in [-0.4, -0.2) is 7.05 Å². The highest BCUT2D eigenvalue weighted by Crippen LogP contribution is 2.51. The second-order valence-electron chi connectivity index (χ2n) is 5.80. The van der Waals surface area contributed by atoms with Gasteiger partial charge in [-0.25, -0.2) is 0 Å². The molecule has 19 heavy (non-hydrogen) atoms. The van der Waals surface area contributed by atoms with Gasteiger partial charge in [0.25, 0.3) is 0 Å². The minimum Gasteiger partial charge on any atom is -0.391 e. The Morgan fingerprint density at radius 3 is 2.26 bits per heavy atom. The van der Waals surface area contributed by atoms with Gasteiger partial charge in [-0.05, 0) is 37.0 Å². The molecule has 2 atom stereocenters. The summed E-state index contributed by atoms with van der Waals surface area (Å²) in [5.41, 5.74) is 6.65. The van der Waals surface area contributed by atoms with E-state index in [1.54, 1.807) is 0 Å². The number of benzene rings is 1. The largest absolute Gasteiger partial charge is 0.391 e. The van der Waals surface area contributed by atoms with Crippen molar-refractivity contribution in [3.8, 4) is 0 Å². The zero-order chi connectivity index (χ0) is 14.2. The van der Waals surface area contributed by atoms with Crippen molar-refractivity contribution in [2.75, 3.05) is 7.05 Å². The van der Waals surface area contributed by atoms with Crippen molar-refractivity contribution in [1.29, 1.82) is 0 Å². The molecule has 0 aliphatic heterocycles. The van der Waals surface area contributed by atoms with Gasteiger partial charge in [0.2, 0.25) is 0 Å². The van der Waals surface area contributed by atoms with Gasteiger partial charge >= 0.3 is 0 Å². The summed E-state index contributed by atoms with van der Waals surface area (Å²) in [6, 6.07) is 8.92. The molecule has 102 valence electrons. The van der Waals surface area contributed by atoms with E-state index in [1.165, 1.54) is 28.0 Å². The van der Waals surface area contributed by atoms with Crippen molar-refractivity contribution >= 4 is 0 Å². The lowest BCUT2D eigenvalue weighted by Gasteiger charge is -2.35. The van der Waals surface area contributed by atoms with Crippen LogP contribution in [0.2, 0.25) is 0 Å². The molecule has 1 aromatic carbocycles. The van der Waals surface area contributed by atoms with Gasteiger partial charge in [-0.2, -0.15) is 0 Å². The predicted octanol–water partition coefficient (Wildman–Crippen LogP) is 4.34. The lowest BCUT2D eigenvalue weighted by molar-refractivity contribution is 0.394. The zero-order valence-corrected chi connectivity index (χ0v) is 12.8. The highest BCUT2D eigenvalue weighted by Gasteiger charge is 2.45. The summed E-state index contributed by atoms with van der Waals surface area (Å²) in [4.78, 5) is 0. The van der Waals surface area contributed by atoms with Gasteiger partial charge in [-0.1, -0.05) is 50.3 Å². The molecule has 2 rings (SSSR count). The first kappa shape index (κ1) is 13.9. The predicted molar refractivity (Wildman–Crippen MR) is 83.2 cm³/mol. The van der Waals surface area contributed by atoms with E-state index in [4.69, 9.17) is 0 Å². The maximum absolute atomic E-state index is 4.39. The van der Waals surface area contributed by atoms with E-state index in [1.807, 2.05) is 7.05 Å². The summed E-state index contributed by atoms with van der Waals surface area (Å²) in [7, 11) is 2.02. The Morgan fingerprint density at radius 2 is 1.79 bits per heavy atom. The molecule has 2 unspecified atom stereocenters. The quantitative estimate of drug-likeness (QED) is 0.847. The maximum atomic E-state index is 4.39. The summed E-state index contributed by atoms with van der Waals surface area (Å²) in [5.74, 6) is 0.493. The minimum absolute atomic E-state index is 0.0187. The van der Waals surface area contributed by atoms with E-state index in [0.717, 1.165) is 6.42 Å². The number of allylic oxidation sites excluding steroid dienone is 3. The summed E-state index contributed by atoms with van der Waals surface area (Å²) in [5, 5.41) is 3.40. The molecular formula is C18H25N. The average Bonchev–Trinajstić information content (AvgIpc) is 2.60. The number of rotatable bonds is 3. The van der Waals surface area contributed by atoms with Crippen molar-refractivity contribution in [2.24, 2.45) is 5.92 Å². The van der Waals surface area contributed by atoms with Gasteiger partial charge in [0.15, 0.2) is 0 Å². The van der Waals surface area contributed by atoms with Gasteiger partial charge in [0.05, 0.1) is 0 Å². The van der Waals surface area contributed by atoms with E-state index in [9.17, 15) is 0 Å². The summed E-state index contributed by atoms with van der Waals surface area (Å²) < 4.78 is 0. The Hall–Kier alpha value is -1.50. The van der Waals surface area contributed by atoms with Crippen LogP contribution in [-0.2, 0) is 5.41 Å². The maximum Gasteiger partial charge on any atom is 0.0254 e. The molecule has 1 nitrogen and oxygen atoms in total. The van der Waals surface area contributed by atoms with Crippen LogP contribution in [0.4, 0.5) is 0 Å². The van der Waals surface area contributed by atoms with Crippen LogP contribution < -0.4 is 5.32 Å². The van der Waals surface area contributed by atoms with E-state index >= 15 is 0 Å². The van der Waals surface area contributed by atoms with Crippen LogP contribution in [0.25, 0.3) is 0 Å². The van der Waals surface area contributed by atoms with Crippen molar-refractivity contribution in [1.82, 2.24) is 5.32 Å². The van der Waals surface area contributed by atoms with Crippen LogP contribution in [0.15, 0.2) is 47.7 Å². The van der Waals surface area contributed by atoms with Gasteiger partial charge < -0.3 is 5.32 Å². The molecule has 1 aliphatic rings. The number of hydrogen-bond acceptors (Lipinski definition) is 1. The van der Waals surface area contributed by atoms with E-state index < -0.39 is 0 Å². The Bertz CT molecular complexity index is 521. The third-order valence-electron chi connectivity index (χ3n) is 4.86. The Kier molecular flexibility index (Phi) is 3.58.